The summed E-state index contributed by atoms with van der Waals surface area (Å²) in [6, 6.07) is 14.3. The number of benzene rings is 2. The van der Waals surface area contributed by atoms with Gasteiger partial charge in [0.15, 0.2) is 0 Å². The molecule has 3 saturated heterocycles. The second-order valence-electron chi connectivity index (χ2n) is 10.5. The molecule has 0 amide bonds. The SMILES string of the molecule is CN(C)Cc1cccc(CN(C)C)[c]1[Sn]12[S]SSS[S][Sn]([c]3c(CN(C)C)cccc3CN(C)C)([S]1)[S]2. The van der Waals surface area contributed by atoms with Gasteiger partial charge in [0.05, 0.1) is 0 Å². The van der Waals surface area contributed by atoms with E-state index in [4.69, 9.17) is 0 Å². The summed E-state index contributed by atoms with van der Waals surface area (Å²) in [5, 5.41) is 0. The molecule has 204 valence electrons. The fourth-order valence-corrected chi connectivity index (χ4v) is 406. The third-order valence-corrected chi connectivity index (χ3v) is 229. The molecule has 2 aromatic rings. The van der Waals surface area contributed by atoms with Gasteiger partial charge in [0.2, 0.25) is 0 Å². The quantitative estimate of drug-likeness (QED) is 0.215. The molecular weight excluding hydrogens is 806 g/mol. The topological polar surface area (TPSA) is 13.0 Å². The molecule has 3 fully saturated rings. The van der Waals surface area contributed by atoms with Gasteiger partial charge in [-0.1, -0.05) is 0 Å². The van der Waals surface area contributed by atoms with Crippen LogP contribution in [0.4, 0.5) is 0 Å². The fourth-order valence-electron chi connectivity index (χ4n) is 4.83. The van der Waals surface area contributed by atoms with Crippen molar-refractivity contribution in [2.75, 3.05) is 56.4 Å². The molecule has 0 spiro atoms. The van der Waals surface area contributed by atoms with E-state index >= 15 is 0 Å². The van der Waals surface area contributed by atoms with Crippen molar-refractivity contribution in [2.24, 2.45) is 0 Å². The Bertz CT molecular complexity index is 943. The molecule has 0 aromatic heterocycles. The molecule has 0 atom stereocenters. The van der Waals surface area contributed by atoms with Crippen LogP contribution in [0.3, 0.4) is 0 Å². The Kier molecular flexibility index (Phi) is 12.4. The van der Waals surface area contributed by atoms with Crippen LogP contribution in [0.5, 0.6) is 0 Å². The third-order valence-electron chi connectivity index (χ3n) is 5.91. The van der Waals surface area contributed by atoms with Crippen LogP contribution >= 0.6 is 57.7 Å². The molecule has 4 nitrogen and oxygen atoms in total. The molecule has 3 aliphatic heterocycles. The summed E-state index contributed by atoms with van der Waals surface area (Å²) in [6.45, 7) is 4.12. The first kappa shape index (κ1) is 32.2. The first-order valence-corrected chi connectivity index (χ1v) is 43.7. The summed E-state index contributed by atoms with van der Waals surface area (Å²) in [5.41, 5.74) is 6.30. The van der Waals surface area contributed by atoms with E-state index < -0.39 is 28.5 Å². The van der Waals surface area contributed by atoms with Crippen molar-refractivity contribution in [3.63, 3.8) is 0 Å². The molecule has 37 heavy (non-hydrogen) atoms. The average Bonchev–Trinajstić information content (AvgIpc) is 2.73. The van der Waals surface area contributed by atoms with Crippen molar-refractivity contribution in [1.29, 1.82) is 0 Å². The molecule has 0 N–H and O–H groups in total. The van der Waals surface area contributed by atoms with E-state index in [9.17, 15) is 0 Å². The van der Waals surface area contributed by atoms with E-state index in [0.29, 0.717) is 0 Å². The summed E-state index contributed by atoms with van der Waals surface area (Å²) in [4.78, 5) is 9.42. The molecule has 2 bridgehead atoms. The maximum absolute atomic E-state index is 2.87. The van der Waals surface area contributed by atoms with Crippen molar-refractivity contribution in [3.05, 3.63) is 58.7 Å². The fraction of sp³-hybridized carbons (Fsp3) is 0.500. The number of nitrogens with zero attached hydrogens (tertiary/aromatic N) is 4. The van der Waals surface area contributed by atoms with Crippen molar-refractivity contribution >= 4 is 93.3 Å². The second-order valence-corrected chi connectivity index (χ2v) is 97.3. The molecule has 0 unspecified atom stereocenters. The standard InChI is InChI=1S/2C12H19N2.H2S5.2S.2Sn/c2*1-13(2)9-11-6-5-7-12(8-11)10-14(3)4;1-3-5-4-2;;;;/h2*5-7H,9-10H2,1-4H3;1-2H;;;;/q;;;;;2*+1/p-2. The van der Waals surface area contributed by atoms with Crippen LogP contribution in [0, 0.1) is 0 Å². The van der Waals surface area contributed by atoms with Crippen LogP contribution < -0.4 is 7.16 Å². The minimum atomic E-state index is -2.87. The zero-order valence-corrected chi connectivity index (χ0v) is 34.4. The van der Waals surface area contributed by atoms with Crippen LogP contribution in [0.15, 0.2) is 36.4 Å². The van der Waals surface area contributed by atoms with Crippen molar-refractivity contribution in [2.45, 2.75) is 26.2 Å². The van der Waals surface area contributed by atoms with E-state index in [0.717, 1.165) is 26.2 Å². The molecule has 13 heteroatoms. The Morgan fingerprint density at radius 3 is 1.05 bits per heavy atom. The van der Waals surface area contributed by atoms with Gasteiger partial charge >= 0.3 is 254 Å². The Morgan fingerprint density at radius 1 is 0.486 bits per heavy atom. The van der Waals surface area contributed by atoms with Gasteiger partial charge in [0.25, 0.3) is 0 Å². The molecule has 3 heterocycles. The van der Waals surface area contributed by atoms with Crippen LogP contribution in [0.1, 0.15) is 22.3 Å². The van der Waals surface area contributed by atoms with Gasteiger partial charge in [0.1, 0.15) is 0 Å². The van der Waals surface area contributed by atoms with E-state index in [1.807, 2.05) is 9.83 Å². The van der Waals surface area contributed by atoms with Gasteiger partial charge in [-0.25, -0.2) is 0 Å². The first-order chi connectivity index (χ1) is 17.5. The second kappa shape index (κ2) is 14.2. The van der Waals surface area contributed by atoms with Gasteiger partial charge in [-0.05, 0) is 0 Å². The van der Waals surface area contributed by atoms with Crippen LogP contribution in [0.2, 0.25) is 0 Å². The molecule has 0 saturated carbocycles. The van der Waals surface area contributed by atoms with Crippen molar-refractivity contribution < 1.29 is 0 Å². The number of fused-ring (bicyclic) bond motifs is 4. The zero-order valence-electron chi connectivity index (χ0n) is 22.9. The minimum absolute atomic E-state index is 1.03. The van der Waals surface area contributed by atoms with Crippen molar-refractivity contribution in [1.82, 2.24) is 19.6 Å². The van der Waals surface area contributed by atoms with Crippen LogP contribution in [-0.2, 0) is 26.2 Å². The Hall–Kier alpha value is 2.33. The maximum atomic E-state index is 2.60. The van der Waals surface area contributed by atoms with E-state index in [1.165, 1.54) is 0 Å². The summed E-state index contributed by atoms with van der Waals surface area (Å²) in [7, 11) is 28.5. The number of hydrogen-bond acceptors (Lipinski definition) is 11. The van der Waals surface area contributed by atoms with Gasteiger partial charge in [-0.15, -0.1) is 0 Å². The van der Waals surface area contributed by atoms with Gasteiger partial charge in [0, 0.05) is 0 Å². The third kappa shape index (κ3) is 7.84. The molecule has 0 aliphatic carbocycles. The molecule has 5 rings (SSSR count). The molecule has 2 aromatic carbocycles. The monoisotopic (exact) mass is 846 g/mol. The van der Waals surface area contributed by atoms with Crippen LogP contribution in [-0.4, -0.2) is 104 Å². The van der Waals surface area contributed by atoms with Crippen molar-refractivity contribution in [3.8, 4) is 0 Å². The summed E-state index contributed by atoms with van der Waals surface area (Å²) in [5.74, 6) is 0. The normalized spacial score (nSPS) is 24.0. The summed E-state index contributed by atoms with van der Waals surface area (Å²) >= 11 is -5.74. The molecule has 3 aliphatic rings. The van der Waals surface area contributed by atoms with E-state index in [1.54, 1.807) is 29.4 Å². The number of rotatable bonds is 10. The predicted molar refractivity (Wildman–Crippen MR) is 186 cm³/mol. The molecule has 0 radical (unpaired) electrons. The Morgan fingerprint density at radius 2 is 0.784 bits per heavy atom. The summed E-state index contributed by atoms with van der Waals surface area (Å²) in [6.07, 6.45) is 5.19. The summed E-state index contributed by atoms with van der Waals surface area (Å²) < 4.78 is 3.57. The van der Waals surface area contributed by atoms with E-state index in [2.05, 4.69) is 160 Å². The Labute approximate surface area is 250 Å². The molecular formula is C24H38N4S7Sn2. The van der Waals surface area contributed by atoms with Gasteiger partial charge in [-0.2, -0.15) is 0 Å². The van der Waals surface area contributed by atoms with Crippen LogP contribution in [0.25, 0.3) is 0 Å². The van der Waals surface area contributed by atoms with Gasteiger partial charge < -0.3 is 0 Å². The number of hydrogen-bond donors (Lipinski definition) is 0. The predicted octanol–water partition coefficient (Wildman–Crippen LogP) is 5.74. The average molecular weight is 844 g/mol. The van der Waals surface area contributed by atoms with E-state index in [-0.39, 0.29) is 0 Å². The zero-order chi connectivity index (χ0) is 26.8. The Balaban J connectivity index is 1.85. The first-order valence-electron chi connectivity index (χ1n) is 12.1. The van der Waals surface area contributed by atoms with Gasteiger partial charge in [-0.3, -0.25) is 0 Å².